The van der Waals surface area contributed by atoms with Crippen LogP contribution in [0.5, 0.6) is 5.75 Å². The Morgan fingerprint density at radius 3 is 3.00 bits per heavy atom. The standard InChI is InChI=1S/C21H34N4O.HI/c1-3-22-21(24-15-18-6-5-12-25(4-2)16-18)23-11-9-17-7-8-20-19(14-17)10-13-26-20;/h7-8,14,18H,3-6,9-13,15-16H2,1-2H3,(H2,22,23,24);1H. The zero-order valence-corrected chi connectivity index (χ0v) is 19.1. The molecule has 0 bridgehead atoms. The summed E-state index contributed by atoms with van der Waals surface area (Å²) in [5.41, 5.74) is 2.71. The molecule has 6 heteroatoms. The number of fused-ring (bicyclic) bond motifs is 1. The highest BCUT2D eigenvalue weighted by molar-refractivity contribution is 14.0. The zero-order valence-electron chi connectivity index (χ0n) is 16.8. The Hall–Kier alpha value is -1.02. The molecule has 3 rings (SSSR count). The highest BCUT2D eigenvalue weighted by atomic mass is 127. The second-order valence-electron chi connectivity index (χ2n) is 7.34. The fourth-order valence-corrected chi connectivity index (χ4v) is 3.87. The quantitative estimate of drug-likeness (QED) is 0.354. The molecular weight excluding hydrogens is 451 g/mol. The van der Waals surface area contributed by atoms with Crippen LogP contribution in [-0.4, -0.2) is 56.7 Å². The van der Waals surface area contributed by atoms with E-state index in [4.69, 9.17) is 9.73 Å². The van der Waals surface area contributed by atoms with Gasteiger partial charge in [-0.25, -0.2) is 0 Å². The van der Waals surface area contributed by atoms with Crippen molar-refractivity contribution in [1.29, 1.82) is 0 Å². The number of guanidine groups is 1. The molecule has 27 heavy (non-hydrogen) atoms. The first-order valence-electron chi connectivity index (χ1n) is 10.3. The van der Waals surface area contributed by atoms with Crippen molar-refractivity contribution < 1.29 is 4.74 Å². The van der Waals surface area contributed by atoms with Crippen molar-refractivity contribution in [3.63, 3.8) is 0 Å². The zero-order chi connectivity index (χ0) is 18.2. The Morgan fingerprint density at radius 2 is 2.19 bits per heavy atom. The van der Waals surface area contributed by atoms with E-state index in [1.54, 1.807) is 0 Å². The lowest BCUT2D eigenvalue weighted by Crippen LogP contribution is -2.40. The first-order valence-corrected chi connectivity index (χ1v) is 10.3. The van der Waals surface area contributed by atoms with Crippen LogP contribution >= 0.6 is 24.0 Å². The molecule has 152 valence electrons. The number of likely N-dealkylation sites (tertiary alicyclic amines) is 1. The maximum atomic E-state index is 5.59. The van der Waals surface area contributed by atoms with Gasteiger partial charge in [0.05, 0.1) is 6.61 Å². The number of ether oxygens (including phenoxy) is 1. The molecule has 1 saturated heterocycles. The van der Waals surface area contributed by atoms with Crippen molar-refractivity contribution in [3.8, 4) is 5.75 Å². The summed E-state index contributed by atoms with van der Waals surface area (Å²) < 4.78 is 5.59. The normalized spacial score (nSPS) is 19.8. The minimum Gasteiger partial charge on any atom is -0.493 e. The predicted octanol–water partition coefficient (Wildman–Crippen LogP) is 3.07. The second kappa shape index (κ2) is 11.7. The number of hydrogen-bond donors (Lipinski definition) is 2. The second-order valence-corrected chi connectivity index (χ2v) is 7.34. The van der Waals surface area contributed by atoms with Crippen LogP contribution in [0.1, 0.15) is 37.8 Å². The van der Waals surface area contributed by atoms with Gasteiger partial charge in [0.2, 0.25) is 0 Å². The SMILES string of the molecule is CCNC(=NCC1CCCN(CC)C1)NCCc1ccc2c(c1)CCO2.I. The fourth-order valence-electron chi connectivity index (χ4n) is 3.87. The maximum absolute atomic E-state index is 5.59. The lowest BCUT2D eigenvalue weighted by Gasteiger charge is -2.31. The van der Waals surface area contributed by atoms with Crippen LogP contribution in [0, 0.1) is 5.92 Å². The van der Waals surface area contributed by atoms with Crippen LogP contribution in [0.3, 0.4) is 0 Å². The van der Waals surface area contributed by atoms with Crippen molar-refractivity contribution in [2.75, 3.05) is 45.9 Å². The van der Waals surface area contributed by atoms with Gasteiger partial charge in [0, 0.05) is 32.6 Å². The third-order valence-electron chi connectivity index (χ3n) is 5.36. The van der Waals surface area contributed by atoms with E-state index in [0.717, 1.165) is 57.3 Å². The van der Waals surface area contributed by atoms with Gasteiger partial charge in [-0.15, -0.1) is 24.0 Å². The van der Waals surface area contributed by atoms with Crippen molar-refractivity contribution in [1.82, 2.24) is 15.5 Å². The van der Waals surface area contributed by atoms with E-state index in [1.165, 1.54) is 37.1 Å². The highest BCUT2D eigenvalue weighted by Crippen LogP contribution is 2.25. The van der Waals surface area contributed by atoms with Gasteiger partial charge in [0.1, 0.15) is 5.75 Å². The minimum absolute atomic E-state index is 0. The van der Waals surface area contributed by atoms with Gasteiger partial charge in [0.25, 0.3) is 0 Å². The number of rotatable bonds is 7. The van der Waals surface area contributed by atoms with Crippen LogP contribution in [0.2, 0.25) is 0 Å². The summed E-state index contributed by atoms with van der Waals surface area (Å²) >= 11 is 0. The van der Waals surface area contributed by atoms with Gasteiger partial charge in [0.15, 0.2) is 5.96 Å². The number of nitrogens with one attached hydrogen (secondary N) is 2. The van der Waals surface area contributed by atoms with Crippen molar-refractivity contribution in [2.45, 2.75) is 39.5 Å². The fraction of sp³-hybridized carbons (Fsp3) is 0.667. The van der Waals surface area contributed by atoms with Crippen LogP contribution in [-0.2, 0) is 12.8 Å². The third-order valence-corrected chi connectivity index (χ3v) is 5.36. The van der Waals surface area contributed by atoms with E-state index < -0.39 is 0 Å². The van der Waals surface area contributed by atoms with Gasteiger partial charge in [-0.3, -0.25) is 4.99 Å². The van der Waals surface area contributed by atoms with Gasteiger partial charge in [-0.05, 0) is 62.4 Å². The van der Waals surface area contributed by atoms with E-state index in [-0.39, 0.29) is 24.0 Å². The topological polar surface area (TPSA) is 48.9 Å². The molecule has 0 aromatic heterocycles. The summed E-state index contributed by atoms with van der Waals surface area (Å²) in [6.07, 6.45) is 4.65. The molecule has 1 aromatic carbocycles. The molecule has 1 fully saturated rings. The minimum atomic E-state index is 0. The molecule has 0 saturated carbocycles. The van der Waals surface area contributed by atoms with E-state index in [9.17, 15) is 0 Å². The molecule has 2 aliphatic heterocycles. The van der Waals surface area contributed by atoms with Crippen LogP contribution in [0.4, 0.5) is 0 Å². The molecule has 1 unspecified atom stereocenters. The molecule has 1 aromatic rings. The average Bonchev–Trinajstić information content (AvgIpc) is 3.14. The molecule has 2 heterocycles. The van der Waals surface area contributed by atoms with Gasteiger partial charge < -0.3 is 20.3 Å². The largest absolute Gasteiger partial charge is 0.493 e. The number of aliphatic imine (C=N–C) groups is 1. The summed E-state index contributed by atoms with van der Waals surface area (Å²) in [5.74, 6) is 2.70. The molecule has 0 aliphatic carbocycles. The summed E-state index contributed by atoms with van der Waals surface area (Å²) in [6, 6.07) is 6.58. The molecule has 2 aliphatic rings. The van der Waals surface area contributed by atoms with Crippen molar-refractivity contribution >= 4 is 29.9 Å². The maximum Gasteiger partial charge on any atom is 0.191 e. The van der Waals surface area contributed by atoms with Crippen molar-refractivity contribution in [2.24, 2.45) is 10.9 Å². The van der Waals surface area contributed by atoms with Gasteiger partial charge in [-0.1, -0.05) is 19.1 Å². The summed E-state index contributed by atoms with van der Waals surface area (Å²) in [6.45, 7) is 11.5. The lowest BCUT2D eigenvalue weighted by molar-refractivity contribution is 0.186. The molecule has 0 amide bonds. The first-order chi connectivity index (χ1) is 12.8. The molecule has 0 radical (unpaired) electrons. The van der Waals surface area contributed by atoms with Gasteiger partial charge in [-0.2, -0.15) is 0 Å². The molecule has 5 nitrogen and oxygen atoms in total. The molecular formula is C21H35IN4O. The number of hydrogen-bond acceptors (Lipinski definition) is 3. The number of halogens is 1. The lowest BCUT2D eigenvalue weighted by atomic mass is 9.98. The number of benzene rings is 1. The number of piperidine rings is 1. The number of nitrogens with zero attached hydrogens (tertiary/aromatic N) is 2. The summed E-state index contributed by atoms with van der Waals surface area (Å²) in [5, 5.41) is 6.88. The monoisotopic (exact) mass is 486 g/mol. The van der Waals surface area contributed by atoms with Crippen LogP contribution < -0.4 is 15.4 Å². The Morgan fingerprint density at radius 1 is 1.30 bits per heavy atom. The first kappa shape index (κ1) is 22.3. The summed E-state index contributed by atoms with van der Waals surface area (Å²) in [4.78, 5) is 7.39. The van der Waals surface area contributed by atoms with Crippen molar-refractivity contribution in [3.05, 3.63) is 29.3 Å². The van der Waals surface area contributed by atoms with E-state index in [0.29, 0.717) is 5.92 Å². The Kier molecular flexibility index (Phi) is 9.68. The Labute approximate surface area is 181 Å². The van der Waals surface area contributed by atoms with E-state index in [2.05, 4.69) is 47.6 Å². The van der Waals surface area contributed by atoms with E-state index >= 15 is 0 Å². The highest BCUT2D eigenvalue weighted by Gasteiger charge is 2.18. The molecule has 2 N–H and O–H groups in total. The Balaban J connectivity index is 0.00000261. The molecule has 0 spiro atoms. The molecule has 1 atom stereocenters. The van der Waals surface area contributed by atoms with E-state index in [1.807, 2.05) is 0 Å². The Bertz CT molecular complexity index is 608. The van der Waals surface area contributed by atoms with Crippen LogP contribution in [0.25, 0.3) is 0 Å². The van der Waals surface area contributed by atoms with Gasteiger partial charge >= 0.3 is 0 Å². The summed E-state index contributed by atoms with van der Waals surface area (Å²) in [7, 11) is 0. The van der Waals surface area contributed by atoms with Crippen LogP contribution in [0.15, 0.2) is 23.2 Å². The average molecular weight is 486 g/mol. The predicted molar refractivity (Wildman–Crippen MR) is 124 cm³/mol. The third kappa shape index (κ3) is 6.82. The smallest absolute Gasteiger partial charge is 0.191 e.